The Balaban J connectivity index is 1.94. The third-order valence-corrected chi connectivity index (χ3v) is 5.58. The molecule has 1 aromatic heterocycles. The van der Waals surface area contributed by atoms with Crippen LogP contribution >= 0.6 is 11.8 Å². The molecule has 0 amide bonds. The second kappa shape index (κ2) is 5.16. The van der Waals surface area contributed by atoms with E-state index in [0.29, 0.717) is 11.8 Å². The number of imidazole rings is 1. The van der Waals surface area contributed by atoms with Gasteiger partial charge >= 0.3 is 0 Å². The minimum absolute atomic E-state index is 0.600. The van der Waals surface area contributed by atoms with Crippen LogP contribution in [0.1, 0.15) is 62.4 Å². The van der Waals surface area contributed by atoms with Gasteiger partial charge in [-0.25, -0.2) is 4.98 Å². The van der Waals surface area contributed by atoms with Crippen LogP contribution in [-0.4, -0.2) is 21.1 Å². The fourth-order valence-electron chi connectivity index (χ4n) is 3.38. The second-order valence-electron chi connectivity index (χ2n) is 5.53. The van der Waals surface area contributed by atoms with Gasteiger partial charge in [0.15, 0.2) is 0 Å². The molecule has 0 aromatic carbocycles. The number of nitrogens with two attached hydrogens (primary N) is 1. The summed E-state index contributed by atoms with van der Waals surface area (Å²) in [6.45, 7) is 3.15. The average molecular weight is 265 g/mol. The van der Waals surface area contributed by atoms with Crippen molar-refractivity contribution in [3.05, 3.63) is 11.5 Å². The van der Waals surface area contributed by atoms with E-state index in [1.807, 2.05) is 11.8 Å². The van der Waals surface area contributed by atoms with Crippen molar-refractivity contribution in [2.45, 2.75) is 57.4 Å². The summed E-state index contributed by atoms with van der Waals surface area (Å²) in [4.78, 5) is 4.97. The summed E-state index contributed by atoms with van der Waals surface area (Å²) in [5.41, 5.74) is 7.55. The first kappa shape index (κ1) is 12.4. The molecule has 3 rings (SSSR count). The van der Waals surface area contributed by atoms with E-state index in [2.05, 4.69) is 11.5 Å². The Morgan fingerprint density at radius 1 is 1.28 bits per heavy atom. The Hall–Kier alpha value is -0.640. The highest BCUT2D eigenvalue weighted by molar-refractivity contribution is 7.99. The summed E-state index contributed by atoms with van der Waals surface area (Å²) in [6.07, 6.45) is 6.57. The van der Waals surface area contributed by atoms with Crippen molar-refractivity contribution >= 4 is 17.6 Å². The van der Waals surface area contributed by atoms with Crippen molar-refractivity contribution < 1.29 is 0 Å². The van der Waals surface area contributed by atoms with Gasteiger partial charge in [-0.2, -0.15) is 11.8 Å². The first-order valence-electron chi connectivity index (χ1n) is 7.24. The van der Waals surface area contributed by atoms with Crippen molar-refractivity contribution in [1.82, 2.24) is 9.55 Å². The average Bonchev–Trinajstić information content (AvgIpc) is 3.09. The van der Waals surface area contributed by atoms with Crippen LogP contribution in [0.5, 0.6) is 0 Å². The van der Waals surface area contributed by atoms with Gasteiger partial charge in [-0.1, -0.05) is 12.8 Å². The van der Waals surface area contributed by atoms with Gasteiger partial charge in [0.25, 0.3) is 0 Å². The number of rotatable bonds is 3. The standard InChI is InChI=1S/C14H23N3S/c1-2-17-13(15)12(11-7-8-18-9-11)16-14(17)10-5-3-4-6-10/h10-11H,2-9,15H2,1H3. The molecule has 1 atom stereocenters. The summed E-state index contributed by atoms with van der Waals surface area (Å²) < 4.78 is 2.27. The molecule has 2 heterocycles. The van der Waals surface area contributed by atoms with Gasteiger partial charge in [0.2, 0.25) is 0 Å². The molecule has 0 bridgehead atoms. The zero-order valence-corrected chi connectivity index (χ0v) is 12.0. The molecule has 1 aliphatic heterocycles. The number of nitrogen functional groups attached to an aromatic ring is 1. The molecule has 100 valence electrons. The largest absolute Gasteiger partial charge is 0.384 e. The quantitative estimate of drug-likeness (QED) is 0.911. The molecule has 1 unspecified atom stereocenters. The van der Waals surface area contributed by atoms with Gasteiger partial charge < -0.3 is 10.3 Å². The van der Waals surface area contributed by atoms with E-state index < -0.39 is 0 Å². The van der Waals surface area contributed by atoms with E-state index >= 15 is 0 Å². The normalized spacial score (nSPS) is 25.1. The number of anilines is 1. The summed E-state index contributed by atoms with van der Waals surface area (Å²) in [5, 5.41) is 0. The second-order valence-corrected chi connectivity index (χ2v) is 6.68. The summed E-state index contributed by atoms with van der Waals surface area (Å²) in [6, 6.07) is 0. The van der Waals surface area contributed by atoms with Gasteiger partial charge in [0, 0.05) is 24.1 Å². The number of hydrogen-bond donors (Lipinski definition) is 1. The molecular weight excluding hydrogens is 242 g/mol. The highest BCUT2D eigenvalue weighted by Crippen LogP contribution is 2.39. The lowest BCUT2D eigenvalue weighted by Crippen LogP contribution is -2.08. The Bertz CT molecular complexity index is 415. The third-order valence-electron chi connectivity index (χ3n) is 4.42. The van der Waals surface area contributed by atoms with Crippen LogP contribution in [0.2, 0.25) is 0 Å². The molecule has 3 nitrogen and oxygen atoms in total. The van der Waals surface area contributed by atoms with Crippen LogP contribution in [0.3, 0.4) is 0 Å². The van der Waals surface area contributed by atoms with Crippen molar-refractivity contribution in [1.29, 1.82) is 0 Å². The summed E-state index contributed by atoms with van der Waals surface area (Å²) in [5.74, 6) is 5.96. The lowest BCUT2D eigenvalue weighted by molar-refractivity contribution is 0.603. The van der Waals surface area contributed by atoms with Crippen molar-refractivity contribution in [3.63, 3.8) is 0 Å². The zero-order valence-electron chi connectivity index (χ0n) is 11.2. The van der Waals surface area contributed by atoms with Crippen LogP contribution < -0.4 is 5.73 Å². The highest BCUT2D eigenvalue weighted by atomic mass is 32.2. The molecule has 4 heteroatoms. The van der Waals surface area contributed by atoms with E-state index in [0.717, 1.165) is 12.4 Å². The molecule has 1 saturated carbocycles. The fraction of sp³-hybridized carbons (Fsp3) is 0.786. The van der Waals surface area contributed by atoms with E-state index in [1.165, 1.54) is 55.1 Å². The van der Waals surface area contributed by atoms with Crippen LogP contribution in [0.15, 0.2) is 0 Å². The molecule has 2 fully saturated rings. The van der Waals surface area contributed by atoms with Crippen LogP contribution in [0, 0.1) is 0 Å². The van der Waals surface area contributed by atoms with Crippen LogP contribution in [0.25, 0.3) is 0 Å². The van der Waals surface area contributed by atoms with Gasteiger partial charge in [-0.05, 0) is 31.9 Å². The molecule has 0 radical (unpaired) electrons. The van der Waals surface area contributed by atoms with Gasteiger partial charge in [0.1, 0.15) is 11.6 Å². The maximum atomic E-state index is 6.35. The first-order chi connectivity index (χ1) is 8.81. The van der Waals surface area contributed by atoms with Gasteiger partial charge in [-0.3, -0.25) is 0 Å². The Morgan fingerprint density at radius 2 is 2.06 bits per heavy atom. The Kier molecular flexibility index (Phi) is 3.55. The van der Waals surface area contributed by atoms with Crippen molar-refractivity contribution in [2.75, 3.05) is 17.2 Å². The SMILES string of the molecule is CCn1c(C2CCCC2)nc(C2CCSC2)c1N. The lowest BCUT2D eigenvalue weighted by Gasteiger charge is -2.11. The minimum atomic E-state index is 0.600. The molecular formula is C14H23N3S. The first-order valence-corrected chi connectivity index (χ1v) is 8.40. The molecule has 2 N–H and O–H groups in total. The highest BCUT2D eigenvalue weighted by Gasteiger charge is 2.29. The predicted molar refractivity (Wildman–Crippen MR) is 78.2 cm³/mol. The molecule has 2 aliphatic rings. The molecule has 1 aromatic rings. The topological polar surface area (TPSA) is 43.8 Å². The minimum Gasteiger partial charge on any atom is -0.384 e. The molecule has 18 heavy (non-hydrogen) atoms. The summed E-state index contributed by atoms with van der Waals surface area (Å²) in [7, 11) is 0. The smallest absolute Gasteiger partial charge is 0.127 e. The zero-order chi connectivity index (χ0) is 12.5. The number of hydrogen-bond acceptors (Lipinski definition) is 3. The van der Waals surface area contributed by atoms with Crippen molar-refractivity contribution in [2.24, 2.45) is 0 Å². The van der Waals surface area contributed by atoms with E-state index in [4.69, 9.17) is 10.7 Å². The molecule has 1 saturated heterocycles. The van der Waals surface area contributed by atoms with Gasteiger partial charge in [0.05, 0.1) is 5.69 Å². The Morgan fingerprint density at radius 3 is 2.67 bits per heavy atom. The maximum Gasteiger partial charge on any atom is 0.127 e. The third kappa shape index (κ3) is 2.04. The molecule has 1 aliphatic carbocycles. The van der Waals surface area contributed by atoms with Crippen LogP contribution in [0.4, 0.5) is 5.82 Å². The Labute approximate surface area is 114 Å². The number of thioether (sulfide) groups is 1. The fourth-order valence-corrected chi connectivity index (χ4v) is 4.61. The predicted octanol–water partition coefficient (Wildman–Crippen LogP) is 3.36. The van der Waals surface area contributed by atoms with Gasteiger partial charge in [-0.15, -0.1) is 0 Å². The van der Waals surface area contributed by atoms with Crippen LogP contribution in [-0.2, 0) is 6.54 Å². The monoisotopic (exact) mass is 265 g/mol. The van der Waals surface area contributed by atoms with Crippen molar-refractivity contribution in [3.8, 4) is 0 Å². The number of aromatic nitrogens is 2. The van der Waals surface area contributed by atoms with E-state index in [1.54, 1.807) is 0 Å². The summed E-state index contributed by atoms with van der Waals surface area (Å²) >= 11 is 2.04. The number of nitrogens with zero attached hydrogens (tertiary/aromatic N) is 2. The van der Waals surface area contributed by atoms with E-state index in [-0.39, 0.29) is 0 Å². The molecule has 0 spiro atoms. The maximum absolute atomic E-state index is 6.35. The van der Waals surface area contributed by atoms with E-state index in [9.17, 15) is 0 Å². The lowest BCUT2D eigenvalue weighted by atomic mass is 10.1.